The Bertz CT molecular complexity index is 963. The van der Waals surface area contributed by atoms with Crippen molar-refractivity contribution in [2.75, 3.05) is 6.54 Å². The fraction of sp³-hybridized carbons (Fsp3) is 0.211. The van der Waals surface area contributed by atoms with Crippen molar-refractivity contribution < 1.29 is 12.8 Å². The maximum absolute atomic E-state index is 12.4. The lowest BCUT2D eigenvalue weighted by Crippen LogP contribution is -2.26. The molecule has 0 atom stereocenters. The fourth-order valence-corrected chi connectivity index (χ4v) is 3.76. The van der Waals surface area contributed by atoms with Gasteiger partial charge in [-0.05, 0) is 24.6 Å². The number of hydrogen-bond acceptors (Lipinski definition) is 4. The summed E-state index contributed by atoms with van der Waals surface area (Å²) in [5, 5.41) is 0. The lowest BCUT2D eigenvalue weighted by Gasteiger charge is -2.07. The number of sulfonamides is 1. The van der Waals surface area contributed by atoms with Gasteiger partial charge in [0.15, 0.2) is 5.89 Å². The van der Waals surface area contributed by atoms with Crippen LogP contribution < -0.4 is 4.72 Å². The summed E-state index contributed by atoms with van der Waals surface area (Å²) in [5.74, 6) is 1.24. The van der Waals surface area contributed by atoms with E-state index in [9.17, 15) is 8.42 Å². The number of aromatic nitrogens is 1. The van der Waals surface area contributed by atoms with E-state index in [0.29, 0.717) is 18.1 Å². The summed E-state index contributed by atoms with van der Waals surface area (Å²) in [4.78, 5) is 4.69. The maximum Gasteiger partial charge on any atom is 0.240 e. The molecule has 130 valence electrons. The Morgan fingerprint density at radius 3 is 2.52 bits per heavy atom. The first-order chi connectivity index (χ1) is 12.0. The van der Waals surface area contributed by atoms with Crippen molar-refractivity contribution in [3.8, 4) is 11.3 Å². The zero-order valence-electron chi connectivity index (χ0n) is 14.2. The van der Waals surface area contributed by atoms with Gasteiger partial charge in [0.05, 0.1) is 4.90 Å². The maximum atomic E-state index is 12.4. The second kappa shape index (κ2) is 7.21. The number of nitrogens with zero attached hydrogens (tertiary/aromatic N) is 1. The van der Waals surface area contributed by atoms with Crippen LogP contribution in [-0.4, -0.2) is 19.9 Å². The molecule has 0 aliphatic carbocycles. The molecule has 0 saturated heterocycles. The quantitative estimate of drug-likeness (QED) is 0.734. The molecule has 1 aromatic heterocycles. The molecule has 25 heavy (non-hydrogen) atoms. The Morgan fingerprint density at radius 2 is 1.80 bits per heavy atom. The van der Waals surface area contributed by atoms with E-state index >= 15 is 0 Å². The molecule has 0 saturated carbocycles. The van der Waals surface area contributed by atoms with E-state index in [1.165, 1.54) is 0 Å². The van der Waals surface area contributed by atoms with E-state index in [1.54, 1.807) is 25.1 Å². The third-order valence-corrected chi connectivity index (χ3v) is 5.25. The van der Waals surface area contributed by atoms with Gasteiger partial charge in [-0.1, -0.05) is 42.5 Å². The van der Waals surface area contributed by atoms with Crippen molar-refractivity contribution in [1.82, 2.24) is 9.71 Å². The molecule has 0 amide bonds. The van der Waals surface area contributed by atoms with Crippen LogP contribution in [0.3, 0.4) is 0 Å². The van der Waals surface area contributed by atoms with E-state index in [-0.39, 0.29) is 11.4 Å². The predicted octanol–water partition coefficient (Wildman–Crippen LogP) is 3.48. The Hall–Kier alpha value is -2.44. The van der Waals surface area contributed by atoms with Crippen LogP contribution in [0.2, 0.25) is 0 Å². The molecule has 2 aromatic carbocycles. The topological polar surface area (TPSA) is 72.2 Å². The van der Waals surface area contributed by atoms with Crippen molar-refractivity contribution in [3.05, 3.63) is 71.8 Å². The Labute approximate surface area is 147 Å². The van der Waals surface area contributed by atoms with Crippen LogP contribution in [0.15, 0.2) is 63.9 Å². The smallest absolute Gasteiger partial charge is 0.240 e. The van der Waals surface area contributed by atoms with Gasteiger partial charge < -0.3 is 4.42 Å². The zero-order valence-corrected chi connectivity index (χ0v) is 15.0. The molecule has 0 spiro atoms. The Morgan fingerprint density at radius 1 is 1.04 bits per heavy atom. The van der Waals surface area contributed by atoms with Gasteiger partial charge >= 0.3 is 0 Å². The highest BCUT2D eigenvalue weighted by Gasteiger charge is 2.16. The van der Waals surface area contributed by atoms with Crippen LogP contribution in [0.1, 0.15) is 17.2 Å². The average molecular weight is 356 g/mol. The number of rotatable bonds is 6. The molecule has 1 N–H and O–H groups in total. The summed E-state index contributed by atoms with van der Waals surface area (Å²) in [7, 11) is -3.54. The van der Waals surface area contributed by atoms with E-state index in [0.717, 1.165) is 16.8 Å². The molecular formula is C19H20N2O3S. The highest BCUT2D eigenvalue weighted by molar-refractivity contribution is 7.89. The Balaban J connectivity index is 1.73. The normalized spacial score (nSPS) is 11.6. The standard InChI is InChI=1S/C19H20N2O3S/c1-14-7-6-10-17(13-14)25(22,23)20-12-11-18-19(21-15(2)24-18)16-8-4-3-5-9-16/h3-10,13,20H,11-12H2,1-2H3. The second-order valence-corrected chi connectivity index (χ2v) is 7.60. The summed E-state index contributed by atoms with van der Waals surface area (Å²) in [6.07, 6.45) is 0.427. The first-order valence-electron chi connectivity index (χ1n) is 8.04. The Kier molecular flexibility index (Phi) is 5.01. The minimum atomic E-state index is -3.54. The van der Waals surface area contributed by atoms with Crippen molar-refractivity contribution >= 4 is 10.0 Å². The van der Waals surface area contributed by atoms with Crippen molar-refractivity contribution in [3.63, 3.8) is 0 Å². The highest BCUT2D eigenvalue weighted by atomic mass is 32.2. The van der Waals surface area contributed by atoms with Gasteiger partial charge in [-0.2, -0.15) is 0 Å². The minimum Gasteiger partial charge on any atom is -0.445 e. The molecule has 0 radical (unpaired) electrons. The van der Waals surface area contributed by atoms with Crippen LogP contribution in [0.25, 0.3) is 11.3 Å². The molecule has 3 rings (SSSR count). The number of aryl methyl sites for hydroxylation is 2. The monoisotopic (exact) mass is 356 g/mol. The second-order valence-electron chi connectivity index (χ2n) is 5.83. The minimum absolute atomic E-state index is 0.241. The molecule has 0 aliphatic heterocycles. The molecule has 3 aromatic rings. The fourth-order valence-electron chi connectivity index (χ4n) is 2.63. The summed E-state index contributed by atoms with van der Waals surface area (Å²) >= 11 is 0. The highest BCUT2D eigenvalue weighted by Crippen LogP contribution is 2.24. The third-order valence-electron chi connectivity index (χ3n) is 3.80. The van der Waals surface area contributed by atoms with Crippen LogP contribution in [0, 0.1) is 13.8 Å². The van der Waals surface area contributed by atoms with Gasteiger partial charge in [0.25, 0.3) is 0 Å². The van der Waals surface area contributed by atoms with Crippen LogP contribution in [-0.2, 0) is 16.4 Å². The lowest BCUT2D eigenvalue weighted by molar-refractivity contribution is 0.473. The number of benzene rings is 2. The van der Waals surface area contributed by atoms with Crippen molar-refractivity contribution in [2.24, 2.45) is 0 Å². The van der Waals surface area contributed by atoms with Gasteiger partial charge in [-0.15, -0.1) is 0 Å². The van der Waals surface area contributed by atoms with Gasteiger partial charge in [0.1, 0.15) is 11.5 Å². The van der Waals surface area contributed by atoms with E-state index in [4.69, 9.17) is 4.42 Å². The summed E-state index contributed by atoms with van der Waals surface area (Å²) in [5.41, 5.74) is 2.61. The molecule has 5 nitrogen and oxygen atoms in total. The van der Waals surface area contributed by atoms with E-state index in [1.807, 2.05) is 43.3 Å². The average Bonchev–Trinajstić information content (AvgIpc) is 2.96. The molecule has 0 aliphatic rings. The number of oxazole rings is 1. The predicted molar refractivity (Wildman–Crippen MR) is 96.7 cm³/mol. The summed E-state index contributed by atoms with van der Waals surface area (Å²) < 4.78 is 33.0. The lowest BCUT2D eigenvalue weighted by atomic mass is 10.1. The van der Waals surface area contributed by atoms with E-state index in [2.05, 4.69) is 9.71 Å². The number of nitrogens with one attached hydrogen (secondary N) is 1. The first-order valence-corrected chi connectivity index (χ1v) is 9.52. The molecule has 0 bridgehead atoms. The SMILES string of the molecule is Cc1cccc(S(=O)(=O)NCCc2oc(C)nc2-c2ccccc2)c1. The summed E-state index contributed by atoms with van der Waals surface area (Å²) in [6.45, 7) is 3.89. The molecular weight excluding hydrogens is 336 g/mol. The first kappa shape index (κ1) is 17.4. The molecule has 0 unspecified atom stereocenters. The van der Waals surface area contributed by atoms with Crippen LogP contribution >= 0.6 is 0 Å². The van der Waals surface area contributed by atoms with Gasteiger partial charge in [-0.25, -0.2) is 18.1 Å². The molecule has 1 heterocycles. The van der Waals surface area contributed by atoms with E-state index < -0.39 is 10.0 Å². The van der Waals surface area contributed by atoms with Gasteiger partial charge in [0, 0.05) is 25.5 Å². The van der Waals surface area contributed by atoms with Crippen molar-refractivity contribution in [1.29, 1.82) is 0 Å². The summed E-state index contributed by atoms with van der Waals surface area (Å²) in [6, 6.07) is 16.5. The molecule has 0 fully saturated rings. The third kappa shape index (κ3) is 4.15. The largest absolute Gasteiger partial charge is 0.445 e. The zero-order chi connectivity index (χ0) is 17.9. The van der Waals surface area contributed by atoms with Crippen LogP contribution in [0.4, 0.5) is 0 Å². The number of hydrogen-bond donors (Lipinski definition) is 1. The van der Waals surface area contributed by atoms with Gasteiger partial charge in [-0.3, -0.25) is 0 Å². The van der Waals surface area contributed by atoms with Gasteiger partial charge in [0.2, 0.25) is 10.0 Å². The van der Waals surface area contributed by atoms with Crippen LogP contribution in [0.5, 0.6) is 0 Å². The molecule has 6 heteroatoms. The van der Waals surface area contributed by atoms with Crippen molar-refractivity contribution in [2.45, 2.75) is 25.2 Å².